The van der Waals surface area contributed by atoms with Gasteiger partial charge >= 0.3 is 0 Å². The number of hydrogen-bond acceptors (Lipinski definition) is 4. The standard InChI is InChI=1S/C35H28N2O3/c1-21-11-15-24(16-12-21)31(38)29-30(32(39)25-17-13-22(2)14-18-25)37-20-19-23-7-3-4-8-26(23)33(37)35(29)27-9-5-6-10-28(27)36-34(35)40/h3-20,29-30,33H,1-2H3,(H,36,40). The number of ketones is 2. The normalized spacial score (nSPS) is 23.9. The highest BCUT2D eigenvalue weighted by atomic mass is 16.2. The molecule has 3 heterocycles. The quantitative estimate of drug-likeness (QED) is 0.319. The van der Waals surface area contributed by atoms with E-state index in [1.54, 1.807) is 12.1 Å². The van der Waals surface area contributed by atoms with Gasteiger partial charge in [0.15, 0.2) is 11.6 Å². The van der Waals surface area contributed by atoms with Gasteiger partial charge < -0.3 is 10.2 Å². The van der Waals surface area contributed by atoms with Gasteiger partial charge in [-0.15, -0.1) is 0 Å². The molecule has 0 aliphatic carbocycles. The van der Waals surface area contributed by atoms with Crippen molar-refractivity contribution >= 4 is 29.2 Å². The van der Waals surface area contributed by atoms with Crippen LogP contribution in [0.5, 0.6) is 0 Å². The number of benzene rings is 4. The zero-order chi connectivity index (χ0) is 27.6. The Bertz CT molecular complexity index is 1720. The van der Waals surface area contributed by atoms with Crippen LogP contribution in [0, 0.1) is 19.8 Å². The molecular weight excluding hydrogens is 496 g/mol. The number of carbonyl (C=O) groups is 3. The molecule has 4 atom stereocenters. The number of aryl methyl sites for hydroxylation is 2. The number of anilines is 1. The fraction of sp³-hybridized carbons (Fsp3) is 0.171. The van der Waals surface area contributed by atoms with E-state index in [0.717, 1.165) is 27.8 Å². The molecule has 0 aromatic heterocycles. The summed E-state index contributed by atoms with van der Waals surface area (Å²) in [6, 6.07) is 29.0. The number of fused-ring (bicyclic) bond motifs is 6. The highest BCUT2D eigenvalue weighted by Gasteiger charge is 2.70. The molecule has 3 aliphatic heterocycles. The Morgan fingerprint density at radius 3 is 2.05 bits per heavy atom. The highest BCUT2D eigenvalue weighted by Crippen LogP contribution is 2.62. The van der Waals surface area contributed by atoms with Crippen LogP contribution >= 0.6 is 0 Å². The van der Waals surface area contributed by atoms with E-state index in [-0.39, 0.29) is 17.5 Å². The maximum absolute atomic E-state index is 14.7. The maximum atomic E-state index is 14.7. The van der Waals surface area contributed by atoms with E-state index in [1.165, 1.54) is 0 Å². The van der Waals surface area contributed by atoms with Crippen LogP contribution in [0.25, 0.3) is 6.08 Å². The first kappa shape index (κ1) is 24.3. The maximum Gasteiger partial charge on any atom is 0.238 e. The van der Waals surface area contributed by atoms with E-state index in [1.807, 2.05) is 116 Å². The third-order valence-corrected chi connectivity index (χ3v) is 8.79. The van der Waals surface area contributed by atoms with E-state index in [4.69, 9.17) is 0 Å². The van der Waals surface area contributed by atoms with Gasteiger partial charge in [0.05, 0.1) is 12.0 Å². The molecule has 1 fully saturated rings. The van der Waals surface area contributed by atoms with Crippen molar-refractivity contribution < 1.29 is 14.4 Å². The number of Topliss-reactive ketones (excluding diaryl/α,β-unsaturated/α-hetero) is 2. The average molecular weight is 525 g/mol. The van der Waals surface area contributed by atoms with Crippen molar-refractivity contribution in [3.05, 3.63) is 142 Å². The molecule has 4 aromatic carbocycles. The van der Waals surface area contributed by atoms with Gasteiger partial charge in [0.25, 0.3) is 0 Å². The molecule has 0 saturated carbocycles. The number of hydrogen-bond donors (Lipinski definition) is 1. The van der Waals surface area contributed by atoms with E-state index >= 15 is 0 Å². The van der Waals surface area contributed by atoms with Crippen LogP contribution in [0.4, 0.5) is 5.69 Å². The third kappa shape index (κ3) is 3.30. The lowest BCUT2D eigenvalue weighted by Gasteiger charge is -2.38. The summed E-state index contributed by atoms with van der Waals surface area (Å²) in [5.41, 5.74) is 5.11. The van der Waals surface area contributed by atoms with Crippen molar-refractivity contribution in [3.8, 4) is 0 Å². The minimum absolute atomic E-state index is 0.173. The summed E-state index contributed by atoms with van der Waals surface area (Å²) >= 11 is 0. The summed E-state index contributed by atoms with van der Waals surface area (Å²) in [7, 11) is 0. The number of rotatable bonds is 4. The van der Waals surface area contributed by atoms with Gasteiger partial charge in [0, 0.05) is 23.0 Å². The fourth-order valence-corrected chi connectivity index (χ4v) is 6.95. The minimum Gasteiger partial charge on any atom is -0.358 e. The molecule has 5 heteroatoms. The summed E-state index contributed by atoms with van der Waals surface area (Å²) < 4.78 is 0. The molecule has 5 nitrogen and oxygen atoms in total. The van der Waals surface area contributed by atoms with Crippen LogP contribution in [-0.2, 0) is 10.2 Å². The van der Waals surface area contributed by atoms with Crippen molar-refractivity contribution in [2.45, 2.75) is 31.3 Å². The van der Waals surface area contributed by atoms with Gasteiger partial charge in [0.1, 0.15) is 11.5 Å². The Kier molecular flexibility index (Phi) is 5.39. The molecule has 40 heavy (non-hydrogen) atoms. The first-order chi connectivity index (χ1) is 19.4. The molecule has 0 radical (unpaired) electrons. The second-order valence-corrected chi connectivity index (χ2v) is 11.0. The number of nitrogens with one attached hydrogen (secondary N) is 1. The van der Waals surface area contributed by atoms with Gasteiger partial charge in [0.2, 0.25) is 5.91 Å². The van der Waals surface area contributed by atoms with E-state index in [9.17, 15) is 14.4 Å². The molecule has 1 spiro atoms. The summed E-state index contributed by atoms with van der Waals surface area (Å²) in [5.74, 6) is -1.60. The number of nitrogens with zero attached hydrogens (tertiary/aromatic N) is 1. The molecule has 1 saturated heterocycles. The lowest BCUT2D eigenvalue weighted by atomic mass is 9.62. The first-order valence-corrected chi connectivity index (χ1v) is 13.6. The highest BCUT2D eigenvalue weighted by molar-refractivity contribution is 6.16. The van der Waals surface area contributed by atoms with Gasteiger partial charge in [-0.25, -0.2) is 0 Å². The van der Waals surface area contributed by atoms with Gasteiger partial charge in [-0.2, -0.15) is 0 Å². The van der Waals surface area contributed by atoms with E-state index < -0.39 is 23.4 Å². The summed E-state index contributed by atoms with van der Waals surface area (Å²) in [6.07, 6.45) is 3.88. The van der Waals surface area contributed by atoms with Crippen molar-refractivity contribution in [2.75, 3.05) is 5.32 Å². The largest absolute Gasteiger partial charge is 0.358 e. The van der Waals surface area contributed by atoms with Crippen LogP contribution in [0.1, 0.15) is 54.6 Å². The Morgan fingerprint density at radius 2 is 1.35 bits per heavy atom. The lowest BCUT2D eigenvalue weighted by Crippen LogP contribution is -2.49. The van der Waals surface area contributed by atoms with Crippen LogP contribution in [0.15, 0.2) is 103 Å². The number of para-hydroxylation sites is 1. The SMILES string of the molecule is Cc1ccc(C(=O)C2C(C(=O)c3ccc(C)cc3)C3(C(=O)Nc4ccccc43)C3c4ccccc4C=CN23)cc1. The smallest absolute Gasteiger partial charge is 0.238 e. The van der Waals surface area contributed by atoms with Crippen LogP contribution in [0.3, 0.4) is 0 Å². The molecule has 7 rings (SSSR count). The Balaban J connectivity index is 1.53. The molecule has 3 aliphatic rings. The fourth-order valence-electron chi connectivity index (χ4n) is 6.95. The predicted octanol–water partition coefficient (Wildman–Crippen LogP) is 6.29. The first-order valence-electron chi connectivity index (χ1n) is 13.6. The molecule has 196 valence electrons. The van der Waals surface area contributed by atoms with Crippen LogP contribution in [-0.4, -0.2) is 28.4 Å². The molecule has 0 bridgehead atoms. The summed E-state index contributed by atoms with van der Waals surface area (Å²) in [5, 5.41) is 3.09. The second-order valence-electron chi connectivity index (χ2n) is 11.0. The molecule has 1 amide bonds. The average Bonchev–Trinajstić information content (AvgIpc) is 3.45. The van der Waals surface area contributed by atoms with E-state index in [2.05, 4.69) is 5.32 Å². The van der Waals surface area contributed by atoms with Gasteiger partial charge in [-0.05, 0) is 42.7 Å². The molecule has 1 N–H and O–H groups in total. The molecule has 4 aromatic rings. The Hall–Kier alpha value is -4.77. The van der Waals surface area contributed by atoms with Gasteiger partial charge in [-0.1, -0.05) is 102 Å². The number of amides is 1. The van der Waals surface area contributed by atoms with Crippen LogP contribution in [0.2, 0.25) is 0 Å². The van der Waals surface area contributed by atoms with Crippen molar-refractivity contribution in [2.24, 2.45) is 5.92 Å². The Morgan fingerprint density at radius 1 is 0.750 bits per heavy atom. The zero-order valence-electron chi connectivity index (χ0n) is 22.3. The summed E-state index contributed by atoms with van der Waals surface area (Å²) in [6.45, 7) is 3.94. The van der Waals surface area contributed by atoms with Crippen molar-refractivity contribution in [3.63, 3.8) is 0 Å². The number of carbonyl (C=O) groups excluding carboxylic acids is 3. The van der Waals surface area contributed by atoms with Crippen molar-refractivity contribution in [1.82, 2.24) is 4.90 Å². The van der Waals surface area contributed by atoms with Crippen molar-refractivity contribution in [1.29, 1.82) is 0 Å². The third-order valence-electron chi connectivity index (χ3n) is 8.79. The molecular formula is C35H28N2O3. The second kappa shape index (κ2) is 8.88. The zero-order valence-corrected chi connectivity index (χ0v) is 22.3. The Labute approximate surface area is 233 Å². The monoisotopic (exact) mass is 524 g/mol. The predicted molar refractivity (Wildman–Crippen MR) is 155 cm³/mol. The van der Waals surface area contributed by atoms with Crippen LogP contribution < -0.4 is 5.32 Å². The summed E-state index contributed by atoms with van der Waals surface area (Å²) in [4.78, 5) is 45.7. The van der Waals surface area contributed by atoms with E-state index in [0.29, 0.717) is 16.8 Å². The minimum atomic E-state index is -1.32. The lowest BCUT2D eigenvalue weighted by molar-refractivity contribution is -0.122. The topological polar surface area (TPSA) is 66.5 Å². The van der Waals surface area contributed by atoms with Gasteiger partial charge in [-0.3, -0.25) is 14.4 Å². The molecule has 4 unspecified atom stereocenters.